The zero-order chi connectivity index (χ0) is 17.8. The molecule has 0 atom stereocenters. The summed E-state index contributed by atoms with van der Waals surface area (Å²) in [6.45, 7) is 2.05. The first-order valence-corrected chi connectivity index (χ1v) is 8.61. The van der Waals surface area contributed by atoms with Crippen LogP contribution in [0.15, 0.2) is 46.2 Å². The first kappa shape index (κ1) is 17.2. The molecular formula is C17H17FN4O2S. The van der Waals surface area contributed by atoms with E-state index in [1.807, 2.05) is 7.05 Å². The second kappa shape index (κ2) is 7.52. The Kier molecular flexibility index (Phi) is 5.18. The van der Waals surface area contributed by atoms with Crippen LogP contribution in [0.3, 0.4) is 0 Å². The standard InChI is InChI=1S/C17H17FN4O2S/c1-11-8-12(5-6-13(11)18)9-19-15(23)10-25-17-21-20-16(22(17)2)14-4-3-7-24-14/h3-8H,9-10H2,1-2H3,(H,19,23). The third kappa shape index (κ3) is 4.08. The summed E-state index contributed by atoms with van der Waals surface area (Å²) in [5.41, 5.74) is 1.42. The summed E-state index contributed by atoms with van der Waals surface area (Å²) in [5.74, 6) is 1.06. The van der Waals surface area contributed by atoms with Crippen LogP contribution >= 0.6 is 11.8 Å². The summed E-state index contributed by atoms with van der Waals surface area (Å²) >= 11 is 1.29. The highest BCUT2D eigenvalue weighted by Gasteiger charge is 2.14. The molecule has 130 valence electrons. The van der Waals surface area contributed by atoms with Gasteiger partial charge in [0.15, 0.2) is 16.7 Å². The van der Waals surface area contributed by atoms with Crippen molar-refractivity contribution in [2.75, 3.05) is 5.75 Å². The van der Waals surface area contributed by atoms with Gasteiger partial charge in [-0.05, 0) is 36.2 Å². The van der Waals surface area contributed by atoms with Crippen LogP contribution in [0.5, 0.6) is 0 Å². The lowest BCUT2D eigenvalue weighted by molar-refractivity contribution is -0.118. The lowest BCUT2D eigenvalue weighted by atomic mass is 10.1. The molecule has 8 heteroatoms. The van der Waals surface area contributed by atoms with Gasteiger partial charge in [0, 0.05) is 13.6 Å². The number of aromatic nitrogens is 3. The van der Waals surface area contributed by atoms with Gasteiger partial charge in [-0.3, -0.25) is 4.79 Å². The van der Waals surface area contributed by atoms with E-state index < -0.39 is 0 Å². The number of amides is 1. The highest BCUT2D eigenvalue weighted by atomic mass is 32.2. The largest absolute Gasteiger partial charge is 0.461 e. The van der Waals surface area contributed by atoms with Crippen LogP contribution in [0.25, 0.3) is 11.6 Å². The van der Waals surface area contributed by atoms with E-state index in [0.717, 1.165) is 5.56 Å². The minimum absolute atomic E-state index is 0.130. The fourth-order valence-corrected chi connectivity index (χ4v) is 3.00. The molecule has 0 aliphatic heterocycles. The van der Waals surface area contributed by atoms with Crippen LogP contribution < -0.4 is 5.32 Å². The first-order valence-electron chi connectivity index (χ1n) is 7.62. The molecule has 3 aromatic rings. The molecule has 2 heterocycles. The normalized spacial score (nSPS) is 10.8. The van der Waals surface area contributed by atoms with E-state index in [9.17, 15) is 9.18 Å². The van der Waals surface area contributed by atoms with Gasteiger partial charge < -0.3 is 14.3 Å². The zero-order valence-electron chi connectivity index (χ0n) is 13.8. The number of furan rings is 1. The average Bonchev–Trinajstić information content (AvgIpc) is 3.24. The molecule has 0 unspecified atom stereocenters. The zero-order valence-corrected chi connectivity index (χ0v) is 14.6. The van der Waals surface area contributed by atoms with Gasteiger partial charge in [-0.15, -0.1) is 10.2 Å². The maximum atomic E-state index is 13.2. The van der Waals surface area contributed by atoms with E-state index >= 15 is 0 Å². The Labute approximate surface area is 148 Å². The summed E-state index contributed by atoms with van der Waals surface area (Å²) in [6, 6.07) is 8.37. The van der Waals surface area contributed by atoms with Gasteiger partial charge in [-0.1, -0.05) is 23.9 Å². The van der Waals surface area contributed by atoms with Crippen LogP contribution in [0.1, 0.15) is 11.1 Å². The average molecular weight is 360 g/mol. The fraction of sp³-hybridized carbons (Fsp3) is 0.235. The van der Waals surface area contributed by atoms with Crippen molar-refractivity contribution in [3.8, 4) is 11.6 Å². The van der Waals surface area contributed by atoms with Crippen LogP contribution in [0, 0.1) is 12.7 Å². The predicted octanol–water partition coefficient (Wildman–Crippen LogP) is 2.93. The third-order valence-corrected chi connectivity index (χ3v) is 4.64. The van der Waals surface area contributed by atoms with E-state index in [1.165, 1.54) is 17.8 Å². The number of nitrogens with one attached hydrogen (secondary N) is 1. The molecule has 2 aromatic heterocycles. The van der Waals surface area contributed by atoms with Gasteiger partial charge in [-0.25, -0.2) is 4.39 Å². The summed E-state index contributed by atoms with van der Waals surface area (Å²) in [7, 11) is 1.82. The van der Waals surface area contributed by atoms with Crippen LogP contribution in [-0.2, 0) is 18.4 Å². The van der Waals surface area contributed by atoms with Crippen molar-refractivity contribution in [1.29, 1.82) is 0 Å². The number of carbonyl (C=O) groups excluding carboxylic acids is 1. The van der Waals surface area contributed by atoms with Crippen molar-refractivity contribution >= 4 is 17.7 Å². The molecule has 25 heavy (non-hydrogen) atoms. The summed E-state index contributed by atoms with van der Waals surface area (Å²) < 4.78 is 20.3. The predicted molar refractivity (Wildman–Crippen MR) is 92.4 cm³/mol. The summed E-state index contributed by atoms with van der Waals surface area (Å²) in [6.07, 6.45) is 1.57. The SMILES string of the molecule is Cc1cc(CNC(=O)CSc2nnc(-c3ccco3)n2C)ccc1F. The Bertz CT molecular complexity index is 877. The molecule has 0 radical (unpaired) electrons. The van der Waals surface area contributed by atoms with Gasteiger partial charge in [0.1, 0.15) is 5.82 Å². The maximum Gasteiger partial charge on any atom is 0.230 e. The molecule has 0 aliphatic carbocycles. The second-order valence-corrected chi connectivity index (χ2v) is 6.43. The Hall–Kier alpha value is -2.61. The molecule has 0 fully saturated rings. The Morgan fingerprint density at radius 1 is 1.36 bits per heavy atom. The van der Waals surface area contributed by atoms with E-state index in [2.05, 4.69) is 15.5 Å². The van der Waals surface area contributed by atoms with Crippen molar-refractivity contribution in [2.45, 2.75) is 18.6 Å². The molecular weight excluding hydrogens is 343 g/mol. The molecule has 0 spiro atoms. The van der Waals surface area contributed by atoms with Gasteiger partial charge in [-0.2, -0.15) is 0 Å². The summed E-state index contributed by atoms with van der Waals surface area (Å²) in [5, 5.41) is 11.6. The topological polar surface area (TPSA) is 73.0 Å². The molecule has 1 N–H and O–H groups in total. The molecule has 1 aromatic carbocycles. The van der Waals surface area contributed by atoms with Crippen molar-refractivity contribution < 1.29 is 13.6 Å². The molecule has 0 aliphatic rings. The number of carbonyl (C=O) groups is 1. The number of nitrogens with zero attached hydrogens (tertiary/aromatic N) is 3. The van der Waals surface area contributed by atoms with E-state index in [0.29, 0.717) is 28.8 Å². The number of benzene rings is 1. The minimum Gasteiger partial charge on any atom is -0.461 e. The molecule has 0 saturated heterocycles. The van der Waals surface area contributed by atoms with Gasteiger partial charge in [0.25, 0.3) is 0 Å². The number of thioether (sulfide) groups is 1. The van der Waals surface area contributed by atoms with Crippen LogP contribution in [0.2, 0.25) is 0 Å². The number of hydrogen-bond donors (Lipinski definition) is 1. The quantitative estimate of drug-likeness (QED) is 0.684. The van der Waals surface area contributed by atoms with Gasteiger partial charge in [0.05, 0.1) is 12.0 Å². The minimum atomic E-state index is -0.250. The van der Waals surface area contributed by atoms with E-state index in [1.54, 1.807) is 42.0 Å². The smallest absolute Gasteiger partial charge is 0.230 e. The Balaban J connectivity index is 1.53. The Morgan fingerprint density at radius 2 is 2.20 bits per heavy atom. The molecule has 6 nitrogen and oxygen atoms in total. The monoisotopic (exact) mass is 360 g/mol. The number of rotatable bonds is 6. The highest BCUT2D eigenvalue weighted by Crippen LogP contribution is 2.22. The van der Waals surface area contributed by atoms with Crippen LogP contribution in [0.4, 0.5) is 4.39 Å². The lowest BCUT2D eigenvalue weighted by Gasteiger charge is -2.06. The highest BCUT2D eigenvalue weighted by molar-refractivity contribution is 7.99. The molecule has 0 bridgehead atoms. The first-order chi connectivity index (χ1) is 12.0. The van der Waals surface area contributed by atoms with Crippen LogP contribution in [-0.4, -0.2) is 26.4 Å². The van der Waals surface area contributed by atoms with Gasteiger partial charge >= 0.3 is 0 Å². The summed E-state index contributed by atoms with van der Waals surface area (Å²) in [4.78, 5) is 12.0. The maximum absolute atomic E-state index is 13.2. The van der Waals surface area contributed by atoms with Crippen molar-refractivity contribution in [2.24, 2.45) is 7.05 Å². The molecule has 0 saturated carbocycles. The van der Waals surface area contributed by atoms with Crippen molar-refractivity contribution in [3.63, 3.8) is 0 Å². The van der Waals surface area contributed by atoms with E-state index in [4.69, 9.17) is 4.42 Å². The Morgan fingerprint density at radius 3 is 2.92 bits per heavy atom. The number of hydrogen-bond acceptors (Lipinski definition) is 5. The molecule has 3 rings (SSSR count). The second-order valence-electron chi connectivity index (χ2n) is 5.49. The van der Waals surface area contributed by atoms with E-state index in [-0.39, 0.29) is 17.5 Å². The lowest BCUT2D eigenvalue weighted by Crippen LogP contribution is -2.24. The molecule has 1 amide bonds. The van der Waals surface area contributed by atoms with Gasteiger partial charge in [0.2, 0.25) is 5.91 Å². The fourth-order valence-electron chi connectivity index (χ4n) is 2.26. The van der Waals surface area contributed by atoms with Crippen molar-refractivity contribution in [3.05, 3.63) is 53.5 Å². The third-order valence-electron chi connectivity index (χ3n) is 3.62. The number of aryl methyl sites for hydroxylation is 1. The van der Waals surface area contributed by atoms with Crippen molar-refractivity contribution in [1.82, 2.24) is 20.1 Å². The number of halogens is 1.